The van der Waals surface area contributed by atoms with Gasteiger partial charge in [0.25, 0.3) is 0 Å². The molecule has 2 atom stereocenters. The maximum Gasteiger partial charge on any atom is 0.321 e. The van der Waals surface area contributed by atoms with E-state index in [0.29, 0.717) is 25.3 Å². The summed E-state index contributed by atoms with van der Waals surface area (Å²) in [4.78, 5) is 26.3. The number of amides is 3. The molecule has 0 bridgehead atoms. The summed E-state index contributed by atoms with van der Waals surface area (Å²) in [6, 6.07) is 7.24. The molecular formula is C19H29N3O3. The molecule has 1 saturated heterocycles. The van der Waals surface area contributed by atoms with Crippen molar-refractivity contribution in [2.24, 2.45) is 5.92 Å². The summed E-state index contributed by atoms with van der Waals surface area (Å²) in [7, 11) is 0. The van der Waals surface area contributed by atoms with E-state index in [1.54, 1.807) is 4.90 Å². The predicted molar refractivity (Wildman–Crippen MR) is 98.8 cm³/mol. The number of nitrogens with one attached hydrogen (secondary N) is 2. The molecule has 138 valence electrons. The fraction of sp³-hybridized carbons (Fsp3) is 0.579. The number of anilines is 1. The van der Waals surface area contributed by atoms with Crippen LogP contribution in [0.5, 0.6) is 5.75 Å². The number of rotatable bonds is 6. The molecule has 6 nitrogen and oxygen atoms in total. The zero-order valence-electron chi connectivity index (χ0n) is 15.4. The number of hydrogen-bond acceptors (Lipinski definition) is 3. The minimum Gasteiger partial charge on any atom is -0.491 e. The Balaban J connectivity index is 1.94. The monoisotopic (exact) mass is 347 g/mol. The summed E-state index contributed by atoms with van der Waals surface area (Å²) in [5, 5.41) is 5.75. The highest BCUT2D eigenvalue weighted by atomic mass is 16.5. The minimum absolute atomic E-state index is 0.0314. The third-order valence-electron chi connectivity index (χ3n) is 4.43. The van der Waals surface area contributed by atoms with Crippen molar-refractivity contribution >= 4 is 17.6 Å². The Hall–Kier alpha value is -2.24. The van der Waals surface area contributed by atoms with E-state index in [2.05, 4.69) is 17.6 Å². The highest BCUT2D eigenvalue weighted by Crippen LogP contribution is 2.21. The van der Waals surface area contributed by atoms with Crippen LogP contribution in [0, 0.1) is 5.92 Å². The average Bonchev–Trinajstić information content (AvgIpc) is 2.62. The van der Waals surface area contributed by atoms with E-state index in [1.165, 1.54) is 0 Å². The van der Waals surface area contributed by atoms with Gasteiger partial charge in [-0.2, -0.15) is 0 Å². The van der Waals surface area contributed by atoms with E-state index >= 15 is 0 Å². The standard InChI is InChI=1S/C19H29N3O3/c1-4-14(3)25-17-10-6-9-16(12-17)21-19(24)22-11-7-8-15(13-22)18(23)20-5-2/h6,9-10,12,14-15H,4-5,7-8,11,13H2,1-3H3,(H,20,23)(H,21,24)/t14-,15-/m1/s1. The summed E-state index contributed by atoms with van der Waals surface area (Å²) in [6.45, 7) is 7.73. The van der Waals surface area contributed by atoms with Crippen molar-refractivity contribution in [2.75, 3.05) is 25.0 Å². The fourth-order valence-electron chi connectivity index (χ4n) is 2.86. The zero-order valence-corrected chi connectivity index (χ0v) is 15.4. The SMILES string of the molecule is CCNC(=O)[C@@H]1CCCN(C(=O)Nc2cccc(O[C@H](C)CC)c2)C1. The molecule has 1 aromatic carbocycles. The lowest BCUT2D eigenvalue weighted by Crippen LogP contribution is -2.46. The molecule has 1 aromatic rings. The molecule has 1 aliphatic rings. The quantitative estimate of drug-likeness (QED) is 0.830. The van der Waals surface area contributed by atoms with Gasteiger partial charge < -0.3 is 20.3 Å². The van der Waals surface area contributed by atoms with Crippen LogP contribution < -0.4 is 15.4 Å². The van der Waals surface area contributed by atoms with Crippen LogP contribution >= 0.6 is 0 Å². The lowest BCUT2D eigenvalue weighted by atomic mass is 9.97. The summed E-state index contributed by atoms with van der Waals surface area (Å²) in [6.07, 6.45) is 2.72. The van der Waals surface area contributed by atoms with E-state index in [-0.39, 0.29) is 24.0 Å². The van der Waals surface area contributed by atoms with Crippen LogP contribution in [-0.2, 0) is 4.79 Å². The molecule has 6 heteroatoms. The Labute approximate surface area is 149 Å². The van der Waals surface area contributed by atoms with Crippen molar-refractivity contribution in [1.82, 2.24) is 10.2 Å². The first-order chi connectivity index (χ1) is 12.0. The number of benzene rings is 1. The van der Waals surface area contributed by atoms with Gasteiger partial charge in [0.05, 0.1) is 12.0 Å². The van der Waals surface area contributed by atoms with Gasteiger partial charge in [0, 0.05) is 31.4 Å². The molecule has 25 heavy (non-hydrogen) atoms. The Morgan fingerprint density at radius 3 is 2.88 bits per heavy atom. The normalized spacial score (nSPS) is 18.4. The van der Waals surface area contributed by atoms with Gasteiger partial charge in [0.2, 0.25) is 5.91 Å². The number of piperidine rings is 1. The smallest absolute Gasteiger partial charge is 0.321 e. The number of carbonyl (C=O) groups excluding carboxylic acids is 2. The number of hydrogen-bond donors (Lipinski definition) is 2. The van der Waals surface area contributed by atoms with Gasteiger partial charge in [-0.1, -0.05) is 13.0 Å². The Kier molecular flexibility index (Phi) is 7.10. The molecule has 0 aliphatic carbocycles. The van der Waals surface area contributed by atoms with Crippen LogP contribution in [0.15, 0.2) is 24.3 Å². The average molecular weight is 347 g/mol. The number of ether oxygens (including phenoxy) is 1. The lowest BCUT2D eigenvalue weighted by Gasteiger charge is -2.32. The van der Waals surface area contributed by atoms with Gasteiger partial charge in [0.15, 0.2) is 0 Å². The first-order valence-corrected chi connectivity index (χ1v) is 9.13. The van der Waals surface area contributed by atoms with Crippen LogP contribution in [0.3, 0.4) is 0 Å². The zero-order chi connectivity index (χ0) is 18.2. The van der Waals surface area contributed by atoms with Crippen molar-refractivity contribution in [2.45, 2.75) is 46.1 Å². The Bertz CT molecular complexity index is 591. The van der Waals surface area contributed by atoms with Crippen molar-refractivity contribution in [3.8, 4) is 5.75 Å². The van der Waals surface area contributed by atoms with E-state index < -0.39 is 0 Å². The van der Waals surface area contributed by atoms with Crippen LogP contribution in [0.1, 0.15) is 40.0 Å². The number of carbonyl (C=O) groups is 2. The molecule has 0 radical (unpaired) electrons. The van der Waals surface area contributed by atoms with Gasteiger partial charge in [-0.25, -0.2) is 4.79 Å². The van der Waals surface area contributed by atoms with Gasteiger partial charge in [-0.3, -0.25) is 4.79 Å². The predicted octanol–water partition coefficient (Wildman–Crippen LogP) is 3.24. The van der Waals surface area contributed by atoms with Gasteiger partial charge in [-0.05, 0) is 45.2 Å². The number of urea groups is 1. The molecule has 2 rings (SSSR count). The minimum atomic E-state index is -0.172. The molecule has 1 heterocycles. The summed E-state index contributed by atoms with van der Waals surface area (Å²) in [5.41, 5.74) is 0.700. The highest BCUT2D eigenvalue weighted by molar-refractivity contribution is 5.90. The third-order valence-corrected chi connectivity index (χ3v) is 4.43. The Morgan fingerprint density at radius 1 is 1.36 bits per heavy atom. The topological polar surface area (TPSA) is 70.7 Å². The third kappa shape index (κ3) is 5.66. The van der Waals surface area contributed by atoms with E-state index in [9.17, 15) is 9.59 Å². The van der Waals surface area contributed by atoms with E-state index in [4.69, 9.17) is 4.74 Å². The molecule has 0 unspecified atom stereocenters. The van der Waals surface area contributed by atoms with Crippen molar-refractivity contribution in [1.29, 1.82) is 0 Å². The van der Waals surface area contributed by atoms with Crippen LogP contribution in [0.4, 0.5) is 10.5 Å². The molecule has 3 amide bonds. The molecule has 1 aliphatic heterocycles. The van der Waals surface area contributed by atoms with Gasteiger partial charge in [-0.15, -0.1) is 0 Å². The molecule has 0 aromatic heterocycles. The highest BCUT2D eigenvalue weighted by Gasteiger charge is 2.28. The molecule has 1 fully saturated rings. The fourth-order valence-corrected chi connectivity index (χ4v) is 2.86. The van der Waals surface area contributed by atoms with Crippen LogP contribution in [-0.4, -0.2) is 42.6 Å². The molecule has 0 saturated carbocycles. The van der Waals surface area contributed by atoms with Crippen molar-refractivity contribution in [3.05, 3.63) is 24.3 Å². The number of likely N-dealkylation sites (tertiary alicyclic amines) is 1. The maximum atomic E-state index is 12.5. The maximum absolute atomic E-state index is 12.5. The van der Waals surface area contributed by atoms with Crippen molar-refractivity contribution < 1.29 is 14.3 Å². The second-order valence-electron chi connectivity index (χ2n) is 6.47. The second-order valence-corrected chi connectivity index (χ2v) is 6.47. The van der Waals surface area contributed by atoms with E-state index in [1.807, 2.05) is 38.1 Å². The van der Waals surface area contributed by atoms with Crippen LogP contribution in [0.2, 0.25) is 0 Å². The molecular weight excluding hydrogens is 318 g/mol. The summed E-state index contributed by atoms with van der Waals surface area (Å²) < 4.78 is 5.79. The summed E-state index contributed by atoms with van der Waals surface area (Å²) in [5.74, 6) is 0.648. The van der Waals surface area contributed by atoms with Gasteiger partial charge >= 0.3 is 6.03 Å². The molecule has 2 N–H and O–H groups in total. The Morgan fingerprint density at radius 2 is 2.16 bits per heavy atom. The second kappa shape index (κ2) is 9.30. The van der Waals surface area contributed by atoms with Crippen molar-refractivity contribution in [3.63, 3.8) is 0 Å². The molecule has 0 spiro atoms. The van der Waals surface area contributed by atoms with E-state index in [0.717, 1.165) is 25.0 Å². The van der Waals surface area contributed by atoms with Gasteiger partial charge in [0.1, 0.15) is 5.75 Å². The lowest BCUT2D eigenvalue weighted by molar-refractivity contribution is -0.126. The first-order valence-electron chi connectivity index (χ1n) is 9.13. The summed E-state index contributed by atoms with van der Waals surface area (Å²) >= 11 is 0. The first kappa shape index (κ1) is 19.1. The largest absolute Gasteiger partial charge is 0.491 e. The van der Waals surface area contributed by atoms with Crippen LogP contribution in [0.25, 0.3) is 0 Å². The number of nitrogens with zero attached hydrogens (tertiary/aromatic N) is 1.